The highest BCUT2D eigenvalue weighted by Gasteiger charge is 2.31. The Bertz CT molecular complexity index is 909. The molecule has 1 rings (SSSR count). The Balaban J connectivity index is 3.09. The summed E-state index contributed by atoms with van der Waals surface area (Å²) in [6.45, 7) is -0.908. The first-order valence-electron chi connectivity index (χ1n) is 9.99. The third kappa shape index (κ3) is 9.62. The van der Waals surface area contributed by atoms with Gasteiger partial charge in [0.2, 0.25) is 23.6 Å². The standard InChI is InChI=1S/C20H27N5O9/c21-11(7-16(28)29)17(30)23-13(8-15(22)27)19(32)24-12(6-10-4-2-1-3-5-10)18(31)25-14(9-26)20(33)34/h1-5,11-14,26H,6-9,21H2,(H2,22,27)(H,23,30)(H,24,32)(H,25,31)(H,28,29)(H,33,34). The summed E-state index contributed by atoms with van der Waals surface area (Å²) in [6, 6.07) is 2.19. The van der Waals surface area contributed by atoms with E-state index in [4.69, 9.17) is 26.8 Å². The smallest absolute Gasteiger partial charge is 0.328 e. The summed E-state index contributed by atoms with van der Waals surface area (Å²) in [5.41, 5.74) is 11.2. The van der Waals surface area contributed by atoms with Crippen molar-refractivity contribution in [3.05, 3.63) is 35.9 Å². The number of primary amides is 1. The van der Waals surface area contributed by atoms with Crippen molar-refractivity contribution in [3.63, 3.8) is 0 Å². The van der Waals surface area contributed by atoms with E-state index >= 15 is 0 Å². The van der Waals surface area contributed by atoms with E-state index in [2.05, 4.69) is 16.0 Å². The number of aliphatic hydroxyl groups is 1. The van der Waals surface area contributed by atoms with Crippen LogP contribution in [0.25, 0.3) is 0 Å². The van der Waals surface area contributed by atoms with Gasteiger partial charge in [0.1, 0.15) is 18.1 Å². The number of carbonyl (C=O) groups excluding carboxylic acids is 4. The van der Waals surface area contributed by atoms with Crippen LogP contribution in [0.4, 0.5) is 0 Å². The molecule has 186 valence electrons. The summed E-state index contributed by atoms with van der Waals surface area (Å²) in [5, 5.41) is 33.5. The van der Waals surface area contributed by atoms with Crippen molar-refractivity contribution in [2.24, 2.45) is 11.5 Å². The van der Waals surface area contributed by atoms with Gasteiger partial charge in [0.05, 0.1) is 25.5 Å². The van der Waals surface area contributed by atoms with Gasteiger partial charge in [-0.3, -0.25) is 24.0 Å². The van der Waals surface area contributed by atoms with Crippen molar-refractivity contribution in [2.75, 3.05) is 6.61 Å². The molecule has 0 aliphatic carbocycles. The summed E-state index contributed by atoms with van der Waals surface area (Å²) < 4.78 is 0. The van der Waals surface area contributed by atoms with Gasteiger partial charge in [-0.2, -0.15) is 0 Å². The molecule has 4 amide bonds. The zero-order valence-electron chi connectivity index (χ0n) is 18.0. The van der Waals surface area contributed by atoms with Gasteiger partial charge in [0.25, 0.3) is 0 Å². The van der Waals surface area contributed by atoms with E-state index < -0.39 is 79.2 Å². The summed E-state index contributed by atoms with van der Waals surface area (Å²) in [4.78, 5) is 70.9. The predicted octanol–water partition coefficient (Wildman–Crippen LogP) is -3.56. The van der Waals surface area contributed by atoms with Gasteiger partial charge in [0, 0.05) is 6.42 Å². The number of carbonyl (C=O) groups is 6. The van der Waals surface area contributed by atoms with Crippen LogP contribution in [0, 0.1) is 0 Å². The van der Waals surface area contributed by atoms with Crippen molar-refractivity contribution >= 4 is 35.6 Å². The molecule has 0 bridgehead atoms. The quantitative estimate of drug-likeness (QED) is 0.130. The average molecular weight is 481 g/mol. The Morgan fingerprint density at radius 2 is 1.32 bits per heavy atom. The summed E-state index contributed by atoms with van der Waals surface area (Å²) >= 11 is 0. The maximum absolute atomic E-state index is 12.8. The van der Waals surface area contributed by atoms with Gasteiger partial charge < -0.3 is 42.7 Å². The number of carboxylic acid groups (broad SMARTS) is 2. The maximum Gasteiger partial charge on any atom is 0.328 e. The zero-order chi connectivity index (χ0) is 25.8. The minimum absolute atomic E-state index is 0.105. The fourth-order valence-corrected chi connectivity index (χ4v) is 2.76. The lowest BCUT2D eigenvalue weighted by Gasteiger charge is -2.24. The zero-order valence-corrected chi connectivity index (χ0v) is 18.0. The molecule has 10 N–H and O–H groups in total. The summed E-state index contributed by atoms with van der Waals surface area (Å²) in [7, 11) is 0. The first-order valence-corrected chi connectivity index (χ1v) is 9.99. The lowest BCUT2D eigenvalue weighted by molar-refractivity contribution is -0.143. The van der Waals surface area contributed by atoms with E-state index in [1.807, 2.05) is 0 Å². The molecule has 0 heterocycles. The van der Waals surface area contributed by atoms with Crippen molar-refractivity contribution in [1.82, 2.24) is 16.0 Å². The second kappa shape index (κ2) is 13.5. The largest absolute Gasteiger partial charge is 0.481 e. The molecule has 0 aliphatic heterocycles. The van der Waals surface area contributed by atoms with E-state index in [1.165, 1.54) is 0 Å². The monoisotopic (exact) mass is 481 g/mol. The van der Waals surface area contributed by atoms with Gasteiger partial charge in [-0.25, -0.2) is 4.79 Å². The van der Waals surface area contributed by atoms with Crippen LogP contribution in [0.15, 0.2) is 30.3 Å². The van der Waals surface area contributed by atoms with E-state index in [1.54, 1.807) is 30.3 Å². The molecule has 1 aromatic rings. The molecule has 0 saturated carbocycles. The minimum Gasteiger partial charge on any atom is -0.481 e. The summed E-state index contributed by atoms with van der Waals surface area (Å²) in [6.07, 6.45) is -1.54. The highest BCUT2D eigenvalue weighted by Crippen LogP contribution is 2.06. The van der Waals surface area contributed by atoms with Crippen LogP contribution in [-0.4, -0.2) is 81.7 Å². The molecule has 14 nitrogen and oxygen atoms in total. The van der Waals surface area contributed by atoms with Crippen molar-refractivity contribution in [3.8, 4) is 0 Å². The molecule has 0 radical (unpaired) electrons. The van der Waals surface area contributed by atoms with Crippen LogP contribution in [0.5, 0.6) is 0 Å². The minimum atomic E-state index is -1.64. The normalized spacial score (nSPS) is 14.1. The van der Waals surface area contributed by atoms with Crippen LogP contribution >= 0.6 is 0 Å². The van der Waals surface area contributed by atoms with Crippen LogP contribution in [0.1, 0.15) is 18.4 Å². The van der Waals surface area contributed by atoms with E-state index in [9.17, 15) is 28.8 Å². The SMILES string of the molecule is NC(=O)CC(NC(=O)C(N)CC(=O)O)C(=O)NC(Cc1ccccc1)C(=O)NC(CO)C(=O)O. The first-order chi connectivity index (χ1) is 15.9. The number of aliphatic carboxylic acids is 2. The molecule has 4 atom stereocenters. The Morgan fingerprint density at radius 3 is 1.82 bits per heavy atom. The van der Waals surface area contributed by atoms with Crippen molar-refractivity contribution in [2.45, 2.75) is 43.4 Å². The Hall–Kier alpha value is -4.04. The third-order valence-corrected chi connectivity index (χ3v) is 4.48. The predicted molar refractivity (Wildman–Crippen MR) is 115 cm³/mol. The lowest BCUT2D eigenvalue weighted by Crippen LogP contribution is -2.58. The molecule has 0 aliphatic rings. The van der Waals surface area contributed by atoms with Gasteiger partial charge in [-0.15, -0.1) is 0 Å². The van der Waals surface area contributed by atoms with Crippen LogP contribution in [-0.2, 0) is 35.2 Å². The Morgan fingerprint density at radius 1 is 0.794 bits per heavy atom. The number of nitrogens with two attached hydrogens (primary N) is 2. The highest BCUT2D eigenvalue weighted by molar-refractivity contribution is 5.96. The molecule has 4 unspecified atom stereocenters. The molecule has 34 heavy (non-hydrogen) atoms. The topological polar surface area (TPSA) is 251 Å². The highest BCUT2D eigenvalue weighted by atomic mass is 16.4. The number of aliphatic hydroxyl groups excluding tert-OH is 1. The summed E-state index contributed by atoms with van der Waals surface area (Å²) in [5.74, 6) is -6.88. The molecular formula is C20H27N5O9. The van der Waals surface area contributed by atoms with Gasteiger partial charge in [-0.1, -0.05) is 30.3 Å². The Labute approximate surface area is 193 Å². The second-order valence-electron chi connectivity index (χ2n) is 7.27. The average Bonchev–Trinajstić information content (AvgIpc) is 2.75. The molecule has 1 aromatic carbocycles. The molecule has 0 aromatic heterocycles. The number of nitrogens with one attached hydrogen (secondary N) is 3. The van der Waals surface area contributed by atoms with Crippen LogP contribution < -0.4 is 27.4 Å². The second-order valence-corrected chi connectivity index (χ2v) is 7.27. The number of hydrogen-bond donors (Lipinski definition) is 8. The van der Waals surface area contributed by atoms with Crippen LogP contribution in [0.3, 0.4) is 0 Å². The fraction of sp³-hybridized carbons (Fsp3) is 0.400. The maximum atomic E-state index is 12.8. The lowest BCUT2D eigenvalue weighted by atomic mass is 10.0. The third-order valence-electron chi connectivity index (χ3n) is 4.48. The molecular weight excluding hydrogens is 454 g/mol. The number of benzene rings is 1. The van der Waals surface area contributed by atoms with Crippen molar-refractivity contribution < 1.29 is 44.1 Å². The number of hydrogen-bond acceptors (Lipinski definition) is 8. The molecule has 0 fully saturated rings. The number of amides is 4. The Kier molecular flexibility index (Phi) is 11.1. The fourth-order valence-electron chi connectivity index (χ4n) is 2.76. The van der Waals surface area contributed by atoms with Gasteiger partial charge in [-0.05, 0) is 5.56 Å². The van der Waals surface area contributed by atoms with E-state index in [0.29, 0.717) is 5.56 Å². The molecule has 14 heteroatoms. The number of rotatable bonds is 14. The van der Waals surface area contributed by atoms with Crippen molar-refractivity contribution in [1.29, 1.82) is 0 Å². The number of carboxylic acids is 2. The molecule has 0 saturated heterocycles. The van der Waals surface area contributed by atoms with Gasteiger partial charge in [0.15, 0.2) is 0 Å². The molecule has 0 spiro atoms. The van der Waals surface area contributed by atoms with Gasteiger partial charge >= 0.3 is 11.9 Å². The van der Waals surface area contributed by atoms with E-state index in [-0.39, 0.29) is 6.42 Å². The van der Waals surface area contributed by atoms with Crippen LogP contribution in [0.2, 0.25) is 0 Å². The van der Waals surface area contributed by atoms with E-state index in [0.717, 1.165) is 0 Å². The first kappa shape index (κ1) is 28.0.